The summed E-state index contributed by atoms with van der Waals surface area (Å²) in [5, 5.41) is 3.83. The normalized spacial score (nSPS) is 11.0. The highest BCUT2D eigenvalue weighted by atomic mass is 79.9. The summed E-state index contributed by atoms with van der Waals surface area (Å²) >= 11 is 0. The number of hydrogen-bond donors (Lipinski definition) is 1. The predicted octanol–water partition coefficient (Wildman–Crippen LogP) is 1.07. The molecule has 1 N–H and O–H groups in total. The summed E-state index contributed by atoms with van der Waals surface area (Å²) in [5.74, 6) is 0.858. The van der Waals surface area contributed by atoms with Crippen molar-refractivity contribution in [2.24, 2.45) is 0 Å². The number of amides is 1. The topological polar surface area (TPSA) is 68.5 Å². The van der Waals surface area contributed by atoms with Crippen molar-refractivity contribution in [1.82, 2.24) is 5.32 Å². The first-order chi connectivity index (χ1) is 14.7. The van der Waals surface area contributed by atoms with Gasteiger partial charge in [-0.3, -0.25) is 4.79 Å². The zero-order valence-corrected chi connectivity index (χ0v) is 21.6. The molecule has 2 rings (SSSR count). The van der Waals surface area contributed by atoms with Gasteiger partial charge in [0.15, 0.2) is 6.54 Å². The van der Waals surface area contributed by atoms with E-state index in [0.29, 0.717) is 29.6 Å². The van der Waals surface area contributed by atoms with E-state index < -0.39 is 0 Å². The summed E-state index contributed by atoms with van der Waals surface area (Å²) in [4.78, 5) is 23.7. The highest BCUT2D eigenvalue weighted by Gasteiger charge is 2.19. The number of carbonyl (C=O) groups excluding carboxylic acids is 1. The molecule has 0 unspecified atom stereocenters. The lowest BCUT2D eigenvalue weighted by Gasteiger charge is -2.29. The Morgan fingerprint density at radius 2 is 1.88 bits per heavy atom. The number of nitrogens with zero attached hydrogens (tertiary/aromatic N) is 1. The van der Waals surface area contributed by atoms with Gasteiger partial charge in [-0.2, -0.15) is 0 Å². The van der Waals surface area contributed by atoms with Gasteiger partial charge in [-0.25, -0.2) is 4.79 Å². The second-order valence-electron chi connectivity index (χ2n) is 8.92. The van der Waals surface area contributed by atoms with E-state index in [0.717, 1.165) is 49.1 Å². The number of hydrogen-bond acceptors (Lipinski definition) is 4. The molecule has 178 valence electrons. The van der Waals surface area contributed by atoms with Gasteiger partial charge in [0.2, 0.25) is 0 Å². The van der Waals surface area contributed by atoms with Crippen LogP contribution in [0.4, 0.5) is 0 Å². The van der Waals surface area contributed by atoms with Crippen LogP contribution < -0.4 is 32.7 Å². The van der Waals surface area contributed by atoms with Gasteiger partial charge in [-0.15, -0.1) is 0 Å². The minimum absolute atomic E-state index is 0. The molecule has 0 spiro atoms. The standard InChI is InChI=1S/C25H36N2O4.BrH/c1-6-15-26-23(28)18-27(4,5)16-7-8-17-30-22-13-10-20-11-14-24(29)31-25(20)21(22)12-9-19(2)3;/h9-11,13-14H,6-8,12,15-18H2,1-5H3;1H. The molecule has 1 aromatic carbocycles. The van der Waals surface area contributed by atoms with Crippen molar-refractivity contribution < 1.29 is 35.4 Å². The second-order valence-corrected chi connectivity index (χ2v) is 8.92. The minimum atomic E-state index is -0.355. The molecule has 2 aromatic rings. The van der Waals surface area contributed by atoms with Crippen molar-refractivity contribution in [1.29, 1.82) is 0 Å². The van der Waals surface area contributed by atoms with Crippen LogP contribution in [-0.2, 0) is 11.2 Å². The van der Waals surface area contributed by atoms with Crippen molar-refractivity contribution in [3.63, 3.8) is 0 Å². The van der Waals surface area contributed by atoms with Crippen LogP contribution in [0.5, 0.6) is 5.75 Å². The van der Waals surface area contributed by atoms with E-state index in [9.17, 15) is 9.59 Å². The number of ether oxygens (including phenoxy) is 1. The smallest absolute Gasteiger partial charge is 0.336 e. The monoisotopic (exact) mass is 508 g/mol. The average molecular weight is 509 g/mol. The fourth-order valence-corrected chi connectivity index (χ4v) is 3.42. The summed E-state index contributed by atoms with van der Waals surface area (Å²) in [7, 11) is 4.16. The maximum Gasteiger partial charge on any atom is 0.336 e. The van der Waals surface area contributed by atoms with E-state index >= 15 is 0 Å². The SMILES string of the molecule is CCCNC(=O)C[N+](C)(C)CCCCOc1ccc2ccc(=O)oc2c1CC=C(C)C.[Br-]. The maximum atomic E-state index is 12.0. The third kappa shape index (κ3) is 9.17. The molecule has 0 bridgehead atoms. The van der Waals surface area contributed by atoms with Crippen LogP contribution in [0.1, 0.15) is 45.6 Å². The Morgan fingerprint density at radius 1 is 1.16 bits per heavy atom. The fourth-order valence-electron chi connectivity index (χ4n) is 3.42. The highest BCUT2D eigenvalue weighted by Crippen LogP contribution is 2.28. The van der Waals surface area contributed by atoms with Gasteiger partial charge in [-0.05, 0) is 57.7 Å². The largest absolute Gasteiger partial charge is 1.00 e. The molecule has 0 aliphatic carbocycles. The number of carbonyl (C=O) groups is 1. The van der Waals surface area contributed by atoms with E-state index in [-0.39, 0.29) is 28.5 Å². The summed E-state index contributed by atoms with van der Waals surface area (Å²) in [6.45, 7) is 8.83. The quantitative estimate of drug-likeness (QED) is 0.201. The number of benzene rings is 1. The van der Waals surface area contributed by atoms with Crippen molar-refractivity contribution in [3.05, 3.63) is 51.9 Å². The fraction of sp³-hybridized carbons (Fsp3) is 0.520. The molecule has 0 saturated heterocycles. The Labute approximate surface area is 202 Å². The first-order valence-corrected chi connectivity index (χ1v) is 11.1. The second kappa shape index (κ2) is 13.4. The molecular formula is C25H37BrN2O4. The summed E-state index contributed by atoms with van der Waals surface area (Å²) in [6, 6.07) is 7.10. The average Bonchev–Trinajstić information content (AvgIpc) is 2.70. The maximum absolute atomic E-state index is 12.0. The number of unbranched alkanes of at least 4 members (excludes halogenated alkanes) is 1. The molecule has 0 aliphatic heterocycles. The van der Waals surface area contributed by atoms with Gasteiger partial charge in [-0.1, -0.05) is 18.6 Å². The first kappa shape index (κ1) is 27.9. The van der Waals surface area contributed by atoms with Crippen LogP contribution in [-0.4, -0.2) is 50.7 Å². The van der Waals surface area contributed by atoms with E-state index in [1.165, 1.54) is 11.6 Å². The van der Waals surface area contributed by atoms with Crippen molar-refractivity contribution in [2.75, 3.05) is 40.3 Å². The third-order valence-electron chi connectivity index (χ3n) is 5.12. The van der Waals surface area contributed by atoms with E-state index in [2.05, 4.69) is 32.4 Å². The van der Waals surface area contributed by atoms with Gasteiger partial charge < -0.3 is 35.9 Å². The van der Waals surface area contributed by atoms with Crippen LogP contribution in [0, 0.1) is 0 Å². The Hall–Kier alpha value is -2.12. The summed E-state index contributed by atoms with van der Waals surface area (Å²) in [6.07, 6.45) is 5.55. The van der Waals surface area contributed by atoms with Crippen molar-refractivity contribution in [2.45, 2.75) is 46.5 Å². The van der Waals surface area contributed by atoms with Crippen LogP contribution in [0.2, 0.25) is 0 Å². The Bertz CT molecular complexity index is 962. The number of halogens is 1. The molecule has 32 heavy (non-hydrogen) atoms. The molecule has 7 heteroatoms. The molecule has 0 aliphatic rings. The molecule has 1 amide bonds. The van der Waals surface area contributed by atoms with Gasteiger partial charge >= 0.3 is 5.63 Å². The minimum Gasteiger partial charge on any atom is -1.00 e. The lowest BCUT2D eigenvalue weighted by molar-refractivity contribution is -0.882. The number of nitrogens with one attached hydrogen (secondary N) is 1. The van der Waals surface area contributed by atoms with Crippen molar-refractivity contribution in [3.8, 4) is 5.75 Å². The molecule has 0 radical (unpaired) electrons. The molecule has 0 fully saturated rings. The molecule has 0 saturated carbocycles. The third-order valence-corrected chi connectivity index (χ3v) is 5.12. The first-order valence-electron chi connectivity index (χ1n) is 11.1. The number of fused-ring (bicyclic) bond motifs is 1. The van der Waals surface area contributed by atoms with E-state index in [1.807, 2.05) is 26.0 Å². The highest BCUT2D eigenvalue weighted by molar-refractivity contribution is 5.82. The summed E-state index contributed by atoms with van der Waals surface area (Å²) < 4.78 is 12.2. The Kier molecular flexibility index (Phi) is 11.7. The number of quaternary nitrogens is 1. The van der Waals surface area contributed by atoms with Gasteiger partial charge in [0.1, 0.15) is 11.3 Å². The van der Waals surface area contributed by atoms with Crippen LogP contribution >= 0.6 is 0 Å². The molecular weight excluding hydrogens is 472 g/mol. The van der Waals surface area contributed by atoms with Crippen LogP contribution in [0.25, 0.3) is 11.0 Å². The van der Waals surface area contributed by atoms with Gasteiger partial charge in [0.05, 0.1) is 27.2 Å². The zero-order valence-electron chi connectivity index (χ0n) is 20.0. The van der Waals surface area contributed by atoms with E-state index in [1.54, 1.807) is 6.07 Å². The Morgan fingerprint density at radius 3 is 2.56 bits per heavy atom. The van der Waals surface area contributed by atoms with Crippen molar-refractivity contribution >= 4 is 16.9 Å². The van der Waals surface area contributed by atoms with E-state index in [4.69, 9.17) is 9.15 Å². The lowest BCUT2D eigenvalue weighted by Crippen LogP contribution is -3.00. The predicted molar refractivity (Wildman–Crippen MR) is 125 cm³/mol. The Balaban J connectivity index is 0.00000512. The van der Waals surface area contributed by atoms with Gasteiger partial charge in [0, 0.05) is 23.6 Å². The lowest BCUT2D eigenvalue weighted by atomic mass is 10.1. The van der Waals surface area contributed by atoms with Crippen LogP contribution in [0.3, 0.4) is 0 Å². The number of rotatable bonds is 12. The van der Waals surface area contributed by atoms with Gasteiger partial charge in [0.25, 0.3) is 5.91 Å². The zero-order chi connectivity index (χ0) is 22.9. The molecule has 1 aromatic heterocycles. The molecule has 6 nitrogen and oxygen atoms in total. The summed E-state index contributed by atoms with van der Waals surface area (Å²) in [5.41, 5.74) is 2.34. The molecule has 0 atom stereocenters. The number of allylic oxidation sites excluding steroid dienone is 2. The molecule has 1 heterocycles. The number of likely N-dealkylation sites (N-methyl/N-ethyl adjacent to an activating group) is 1. The van der Waals surface area contributed by atoms with Crippen LogP contribution in [0.15, 0.2) is 45.1 Å².